The van der Waals surface area contributed by atoms with Gasteiger partial charge in [0.1, 0.15) is 6.61 Å². The van der Waals surface area contributed by atoms with Crippen LogP contribution < -0.4 is 10.6 Å². The third kappa shape index (κ3) is 4.32. The number of alkyl carbamates (subject to hydrolysis) is 1. The Kier molecular flexibility index (Phi) is 5.56. The molecule has 2 atom stereocenters. The van der Waals surface area contributed by atoms with Gasteiger partial charge in [-0.25, -0.2) is 4.79 Å². The highest BCUT2D eigenvalue weighted by Gasteiger charge is 2.48. The molecule has 0 spiro atoms. The molecule has 3 N–H and O–H groups in total. The lowest BCUT2D eigenvalue weighted by Crippen LogP contribution is -2.48. The number of carbonyl (C=O) groups excluding carboxylic acids is 2. The van der Waals surface area contributed by atoms with E-state index in [-0.39, 0.29) is 36.8 Å². The van der Waals surface area contributed by atoms with E-state index in [1.807, 2.05) is 24.3 Å². The van der Waals surface area contributed by atoms with Crippen molar-refractivity contribution < 1.29 is 24.2 Å². The summed E-state index contributed by atoms with van der Waals surface area (Å²) in [4.78, 5) is 36.5. The molecule has 2 amide bonds. The van der Waals surface area contributed by atoms with Crippen molar-refractivity contribution in [1.29, 1.82) is 0 Å². The summed E-state index contributed by atoms with van der Waals surface area (Å²) in [6, 6.07) is 16.0. The maximum atomic E-state index is 12.8. The van der Waals surface area contributed by atoms with E-state index in [9.17, 15) is 14.4 Å². The first-order valence-corrected chi connectivity index (χ1v) is 11.6. The molecule has 3 aliphatic rings. The summed E-state index contributed by atoms with van der Waals surface area (Å²) >= 11 is 0. The van der Waals surface area contributed by atoms with Crippen molar-refractivity contribution >= 4 is 18.0 Å². The zero-order chi connectivity index (χ0) is 23.0. The number of carbonyl (C=O) groups is 3. The van der Waals surface area contributed by atoms with Gasteiger partial charge in [-0.2, -0.15) is 0 Å². The molecule has 0 unspecified atom stereocenters. The third-order valence-electron chi connectivity index (χ3n) is 7.23. The number of nitrogens with one attached hydrogen (secondary N) is 2. The maximum Gasteiger partial charge on any atom is 0.407 e. The van der Waals surface area contributed by atoms with Crippen molar-refractivity contribution in [2.24, 2.45) is 5.92 Å². The normalized spacial score (nSPS) is 22.2. The molecule has 0 aromatic heterocycles. The number of hydrogen-bond donors (Lipinski definition) is 3. The van der Waals surface area contributed by atoms with Gasteiger partial charge in [-0.05, 0) is 47.9 Å². The van der Waals surface area contributed by atoms with Crippen molar-refractivity contribution in [2.45, 2.75) is 56.0 Å². The highest BCUT2D eigenvalue weighted by molar-refractivity contribution is 5.83. The monoisotopic (exact) mass is 448 g/mol. The van der Waals surface area contributed by atoms with E-state index in [0.717, 1.165) is 17.5 Å². The van der Waals surface area contributed by atoms with Crippen LogP contribution in [0.15, 0.2) is 48.5 Å². The van der Waals surface area contributed by atoms with Crippen LogP contribution in [0, 0.1) is 5.92 Å². The van der Waals surface area contributed by atoms with E-state index < -0.39 is 17.6 Å². The fourth-order valence-corrected chi connectivity index (χ4v) is 5.38. The van der Waals surface area contributed by atoms with Crippen LogP contribution in [0.1, 0.15) is 55.6 Å². The molecule has 0 aliphatic heterocycles. The van der Waals surface area contributed by atoms with Crippen LogP contribution in [0.3, 0.4) is 0 Å². The molecule has 0 bridgehead atoms. The standard InChI is InChI=1S/C26H28N2O5/c29-23(30)14-26(12-13-26)28-24(31)20-10-5-11-22(20)27-25(32)33-15-21-18-8-3-1-6-16(18)17-7-2-4-9-19(17)21/h1-4,6-9,20-22H,5,10-15H2,(H,27,32)(H,28,31)(H,29,30)/t20-,22+/m0/s1. The molecule has 0 saturated heterocycles. The first kappa shape index (κ1) is 21.5. The zero-order valence-electron chi connectivity index (χ0n) is 18.4. The Bertz CT molecular complexity index is 1050. The summed E-state index contributed by atoms with van der Waals surface area (Å²) in [6.07, 6.45) is 2.99. The first-order valence-electron chi connectivity index (χ1n) is 11.6. The molecule has 7 heteroatoms. The van der Waals surface area contributed by atoms with Crippen molar-refractivity contribution in [1.82, 2.24) is 10.6 Å². The Hall–Kier alpha value is -3.35. The predicted octanol–water partition coefficient (Wildman–Crippen LogP) is 3.82. The number of fused-ring (bicyclic) bond motifs is 3. The second-order valence-electron chi connectivity index (χ2n) is 9.45. The molecule has 2 aromatic rings. The molecule has 172 valence electrons. The quantitative estimate of drug-likeness (QED) is 0.597. The summed E-state index contributed by atoms with van der Waals surface area (Å²) in [5.41, 5.74) is 4.03. The maximum absolute atomic E-state index is 12.8. The second kappa shape index (κ2) is 8.54. The molecule has 33 heavy (non-hydrogen) atoms. The number of benzene rings is 2. The molecular formula is C26H28N2O5. The van der Waals surface area contributed by atoms with Crippen LogP contribution in [0.2, 0.25) is 0 Å². The lowest BCUT2D eigenvalue weighted by atomic mass is 9.98. The van der Waals surface area contributed by atoms with Gasteiger partial charge in [-0.1, -0.05) is 55.0 Å². The Morgan fingerprint density at radius 3 is 2.21 bits per heavy atom. The average molecular weight is 449 g/mol. The number of hydrogen-bond acceptors (Lipinski definition) is 4. The molecule has 2 fully saturated rings. The van der Waals surface area contributed by atoms with Crippen molar-refractivity contribution in [3.63, 3.8) is 0 Å². The minimum atomic E-state index is -0.910. The van der Waals surface area contributed by atoms with Crippen LogP contribution in [0.5, 0.6) is 0 Å². The highest BCUT2D eigenvalue weighted by Crippen LogP contribution is 2.44. The Morgan fingerprint density at radius 2 is 1.61 bits per heavy atom. The van der Waals surface area contributed by atoms with Gasteiger partial charge in [0.15, 0.2) is 0 Å². The van der Waals surface area contributed by atoms with Gasteiger partial charge in [0.25, 0.3) is 0 Å². The van der Waals surface area contributed by atoms with Gasteiger partial charge in [0.05, 0.1) is 17.9 Å². The van der Waals surface area contributed by atoms with Crippen LogP contribution in [0.4, 0.5) is 4.79 Å². The number of amides is 2. The second-order valence-corrected chi connectivity index (χ2v) is 9.45. The van der Waals surface area contributed by atoms with Gasteiger partial charge in [-0.3, -0.25) is 9.59 Å². The molecule has 0 radical (unpaired) electrons. The topological polar surface area (TPSA) is 105 Å². The Labute approximate surface area is 192 Å². The number of ether oxygens (including phenoxy) is 1. The number of carboxylic acids is 1. The number of aliphatic carboxylic acids is 1. The van der Waals surface area contributed by atoms with E-state index in [2.05, 4.69) is 34.9 Å². The highest BCUT2D eigenvalue weighted by atomic mass is 16.5. The van der Waals surface area contributed by atoms with Crippen molar-refractivity contribution in [3.05, 3.63) is 59.7 Å². The van der Waals surface area contributed by atoms with Crippen LogP contribution in [-0.4, -0.2) is 41.3 Å². The predicted molar refractivity (Wildman–Crippen MR) is 122 cm³/mol. The smallest absolute Gasteiger partial charge is 0.407 e. The molecule has 5 rings (SSSR count). The summed E-state index contributed by atoms with van der Waals surface area (Å²) in [5.74, 6) is -1.46. The number of carboxylic acid groups (broad SMARTS) is 1. The summed E-state index contributed by atoms with van der Waals surface area (Å²) < 4.78 is 5.64. The van der Waals surface area contributed by atoms with Gasteiger partial charge >= 0.3 is 12.1 Å². The Balaban J connectivity index is 1.19. The fraction of sp³-hybridized carbons (Fsp3) is 0.423. The Morgan fingerprint density at radius 1 is 0.970 bits per heavy atom. The first-order chi connectivity index (χ1) is 16.0. The number of rotatable bonds is 7. The minimum Gasteiger partial charge on any atom is -0.481 e. The van der Waals surface area contributed by atoms with E-state index in [4.69, 9.17) is 9.84 Å². The SMILES string of the molecule is O=C(O)CC1(NC(=O)[C@H]2CCC[C@H]2NC(=O)OCC2c3ccccc3-c3ccccc32)CC1. The van der Waals surface area contributed by atoms with E-state index in [1.54, 1.807) is 0 Å². The third-order valence-corrected chi connectivity index (χ3v) is 7.23. The van der Waals surface area contributed by atoms with Gasteiger partial charge in [0.2, 0.25) is 5.91 Å². The lowest BCUT2D eigenvalue weighted by molar-refractivity contribution is -0.138. The van der Waals surface area contributed by atoms with E-state index >= 15 is 0 Å². The van der Waals surface area contributed by atoms with Gasteiger partial charge < -0.3 is 20.5 Å². The fourth-order valence-electron chi connectivity index (χ4n) is 5.38. The van der Waals surface area contributed by atoms with Crippen LogP contribution in [0.25, 0.3) is 11.1 Å². The minimum absolute atomic E-state index is 0.0171. The molecule has 7 nitrogen and oxygen atoms in total. The largest absolute Gasteiger partial charge is 0.481 e. The van der Waals surface area contributed by atoms with Crippen molar-refractivity contribution in [3.8, 4) is 11.1 Å². The van der Waals surface area contributed by atoms with Crippen molar-refractivity contribution in [2.75, 3.05) is 6.61 Å². The lowest BCUT2D eigenvalue weighted by Gasteiger charge is -2.24. The van der Waals surface area contributed by atoms with Gasteiger partial charge in [-0.15, -0.1) is 0 Å². The molecule has 3 aliphatic carbocycles. The molecule has 0 heterocycles. The van der Waals surface area contributed by atoms with Gasteiger partial charge in [0, 0.05) is 12.0 Å². The summed E-state index contributed by atoms with van der Waals surface area (Å²) in [7, 11) is 0. The summed E-state index contributed by atoms with van der Waals surface area (Å²) in [6.45, 7) is 0.227. The molecular weight excluding hydrogens is 420 g/mol. The zero-order valence-corrected chi connectivity index (χ0v) is 18.4. The average Bonchev–Trinajstić information content (AvgIpc) is 3.24. The van der Waals surface area contributed by atoms with E-state index in [0.29, 0.717) is 25.7 Å². The van der Waals surface area contributed by atoms with Crippen LogP contribution >= 0.6 is 0 Å². The van der Waals surface area contributed by atoms with Crippen LogP contribution in [-0.2, 0) is 14.3 Å². The molecule has 2 saturated carbocycles. The molecule has 2 aromatic carbocycles. The van der Waals surface area contributed by atoms with E-state index in [1.165, 1.54) is 11.1 Å². The summed E-state index contributed by atoms with van der Waals surface area (Å²) in [5, 5.41) is 14.9.